The predicted octanol–water partition coefficient (Wildman–Crippen LogP) is 1.83. The molecule has 84 valence electrons. The first-order valence-corrected chi connectivity index (χ1v) is 5.07. The monoisotopic (exact) mass is 229 g/mol. The molecule has 0 unspecified atom stereocenters. The van der Waals surface area contributed by atoms with Gasteiger partial charge in [0.25, 0.3) is 0 Å². The highest BCUT2D eigenvalue weighted by Crippen LogP contribution is 2.18. The Bertz CT molecular complexity index is 745. The Morgan fingerprint density at radius 3 is 2.88 bits per heavy atom. The van der Waals surface area contributed by atoms with E-state index < -0.39 is 0 Å². The second-order valence-corrected chi connectivity index (χ2v) is 3.64. The van der Waals surface area contributed by atoms with Crippen LogP contribution >= 0.6 is 0 Å². The molecule has 1 N–H and O–H groups in total. The quantitative estimate of drug-likeness (QED) is 0.692. The third-order valence-electron chi connectivity index (χ3n) is 2.49. The van der Waals surface area contributed by atoms with Crippen molar-refractivity contribution in [2.45, 2.75) is 0 Å². The molecule has 17 heavy (non-hydrogen) atoms. The van der Waals surface area contributed by atoms with E-state index in [1.165, 1.54) is 18.2 Å². The molecule has 0 amide bonds. The molecule has 5 heteroatoms. The highest BCUT2D eigenvalue weighted by Gasteiger charge is 2.08. The van der Waals surface area contributed by atoms with Crippen molar-refractivity contribution in [2.75, 3.05) is 0 Å². The van der Waals surface area contributed by atoms with Crippen molar-refractivity contribution in [3.05, 3.63) is 58.6 Å². The Hall–Kier alpha value is -2.43. The van der Waals surface area contributed by atoms with E-state index in [2.05, 4.69) is 10.1 Å². The van der Waals surface area contributed by atoms with Crippen LogP contribution in [0.5, 0.6) is 0 Å². The van der Waals surface area contributed by atoms with Gasteiger partial charge in [-0.3, -0.25) is 9.89 Å². The minimum atomic E-state index is -0.352. The SMILES string of the molecule is O=c1ccn2[nH]c(-c3ccccc3F)nc2c1. The summed E-state index contributed by atoms with van der Waals surface area (Å²) in [5.74, 6) is 0.0446. The normalized spacial score (nSPS) is 10.9. The van der Waals surface area contributed by atoms with Gasteiger partial charge in [-0.1, -0.05) is 12.1 Å². The van der Waals surface area contributed by atoms with Crippen LogP contribution in [0.25, 0.3) is 17.0 Å². The molecule has 4 nitrogen and oxygen atoms in total. The molecule has 1 aromatic carbocycles. The summed E-state index contributed by atoms with van der Waals surface area (Å²) in [5, 5.41) is 2.91. The number of nitrogens with one attached hydrogen (secondary N) is 1. The maximum absolute atomic E-state index is 13.6. The molecule has 0 saturated heterocycles. The van der Waals surface area contributed by atoms with Crippen molar-refractivity contribution >= 4 is 5.65 Å². The molecule has 0 atom stereocenters. The van der Waals surface area contributed by atoms with Crippen molar-refractivity contribution in [1.29, 1.82) is 0 Å². The summed E-state index contributed by atoms with van der Waals surface area (Å²) in [5.41, 5.74) is 0.719. The van der Waals surface area contributed by atoms with Crippen LogP contribution in [0.4, 0.5) is 4.39 Å². The number of benzene rings is 1. The van der Waals surface area contributed by atoms with Crippen LogP contribution < -0.4 is 5.43 Å². The van der Waals surface area contributed by atoms with Gasteiger partial charge >= 0.3 is 0 Å². The van der Waals surface area contributed by atoms with Crippen LogP contribution in [0, 0.1) is 5.82 Å². The Labute approximate surface area is 95.3 Å². The maximum Gasteiger partial charge on any atom is 0.183 e. The van der Waals surface area contributed by atoms with Gasteiger partial charge in [0.2, 0.25) is 0 Å². The minimum absolute atomic E-state index is 0.128. The van der Waals surface area contributed by atoms with E-state index in [0.717, 1.165) is 0 Å². The minimum Gasteiger partial charge on any atom is -0.290 e. The highest BCUT2D eigenvalue weighted by atomic mass is 19.1. The zero-order valence-electron chi connectivity index (χ0n) is 8.72. The molecule has 0 saturated carbocycles. The number of nitrogens with zero attached hydrogens (tertiary/aromatic N) is 2. The van der Waals surface area contributed by atoms with Crippen LogP contribution in [0.3, 0.4) is 0 Å². The van der Waals surface area contributed by atoms with E-state index in [-0.39, 0.29) is 11.2 Å². The Kier molecular flexibility index (Phi) is 2.04. The number of halogens is 1. The van der Waals surface area contributed by atoms with E-state index in [0.29, 0.717) is 17.0 Å². The maximum atomic E-state index is 13.6. The number of rotatable bonds is 1. The van der Waals surface area contributed by atoms with E-state index in [9.17, 15) is 9.18 Å². The van der Waals surface area contributed by atoms with E-state index >= 15 is 0 Å². The first kappa shape index (κ1) is 9.77. The lowest BCUT2D eigenvalue weighted by Crippen LogP contribution is -1.98. The van der Waals surface area contributed by atoms with Crippen LogP contribution in [-0.4, -0.2) is 14.6 Å². The third-order valence-corrected chi connectivity index (χ3v) is 2.49. The Balaban J connectivity index is 2.25. The van der Waals surface area contributed by atoms with Gasteiger partial charge in [0, 0.05) is 18.3 Å². The highest BCUT2D eigenvalue weighted by molar-refractivity contribution is 5.58. The number of hydrogen-bond acceptors (Lipinski definition) is 2. The zero-order chi connectivity index (χ0) is 11.8. The summed E-state index contributed by atoms with van der Waals surface area (Å²) in [6, 6.07) is 9.15. The number of fused-ring (bicyclic) bond motifs is 1. The number of pyridine rings is 1. The van der Waals surface area contributed by atoms with Gasteiger partial charge in [-0.2, -0.15) is 0 Å². The molecule has 0 bridgehead atoms. The third kappa shape index (κ3) is 1.61. The largest absolute Gasteiger partial charge is 0.290 e. The van der Waals surface area contributed by atoms with Gasteiger partial charge in [-0.25, -0.2) is 13.9 Å². The fraction of sp³-hybridized carbons (Fsp3) is 0. The van der Waals surface area contributed by atoms with Crippen molar-refractivity contribution in [2.24, 2.45) is 0 Å². The Morgan fingerprint density at radius 2 is 2.06 bits per heavy atom. The smallest absolute Gasteiger partial charge is 0.183 e. The second kappa shape index (κ2) is 3.55. The van der Waals surface area contributed by atoms with Gasteiger partial charge in [0.15, 0.2) is 16.9 Å². The topological polar surface area (TPSA) is 50.2 Å². The molecule has 0 aliphatic heterocycles. The summed E-state index contributed by atoms with van der Waals surface area (Å²) in [6.45, 7) is 0. The lowest BCUT2D eigenvalue weighted by atomic mass is 10.2. The van der Waals surface area contributed by atoms with Crippen molar-refractivity contribution < 1.29 is 4.39 Å². The van der Waals surface area contributed by atoms with Gasteiger partial charge in [0.1, 0.15) is 5.82 Å². The van der Waals surface area contributed by atoms with E-state index in [4.69, 9.17) is 0 Å². The molecule has 3 rings (SSSR count). The van der Waals surface area contributed by atoms with Crippen molar-refractivity contribution in [1.82, 2.24) is 14.6 Å². The van der Waals surface area contributed by atoms with Gasteiger partial charge in [0.05, 0.1) is 5.56 Å². The number of aromatic nitrogens is 3. The molecule has 2 aromatic heterocycles. The molecule has 0 spiro atoms. The lowest BCUT2D eigenvalue weighted by Gasteiger charge is -1.96. The number of hydrogen-bond donors (Lipinski definition) is 1. The van der Waals surface area contributed by atoms with Gasteiger partial charge in [-0.05, 0) is 12.1 Å². The van der Waals surface area contributed by atoms with Crippen molar-refractivity contribution in [3.63, 3.8) is 0 Å². The summed E-state index contributed by atoms with van der Waals surface area (Å²) in [6.07, 6.45) is 1.56. The summed E-state index contributed by atoms with van der Waals surface area (Å²) >= 11 is 0. The lowest BCUT2D eigenvalue weighted by molar-refractivity contribution is 0.630. The molecule has 0 radical (unpaired) electrons. The van der Waals surface area contributed by atoms with Crippen molar-refractivity contribution in [3.8, 4) is 11.4 Å². The molecule has 0 fully saturated rings. The molecular formula is C12H8FN3O. The first-order chi connectivity index (χ1) is 8.24. The van der Waals surface area contributed by atoms with Crippen LogP contribution in [0.2, 0.25) is 0 Å². The first-order valence-electron chi connectivity index (χ1n) is 5.07. The average molecular weight is 229 g/mol. The Morgan fingerprint density at radius 1 is 1.24 bits per heavy atom. The summed E-state index contributed by atoms with van der Waals surface area (Å²) in [7, 11) is 0. The van der Waals surface area contributed by atoms with E-state index in [1.54, 1.807) is 28.9 Å². The predicted molar refractivity (Wildman–Crippen MR) is 61.2 cm³/mol. The van der Waals surface area contributed by atoms with Crippen LogP contribution in [-0.2, 0) is 0 Å². The van der Waals surface area contributed by atoms with E-state index in [1.807, 2.05) is 0 Å². The number of aromatic amines is 1. The van der Waals surface area contributed by atoms with Gasteiger partial charge in [-0.15, -0.1) is 0 Å². The molecular weight excluding hydrogens is 221 g/mol. The number of H-pyrrole nitrogens is 1. The second-order valence-electron chi connectivity index (χ2n) is 3.64. The van der Waals surface area contributed by atoms with Crippen LogP contribution in [0.1, 0.15) is 0 Å². The molecule has 3 aromatic rings. The standard InChI is InChI=1S/C12H8FN3O/c13-10-4-2-1-3-9(10)12-14-11-7-8(17)5-6-16(11)15-12/h1-7H,(H,14,15). The summed E-state index contributed by atoms with van der Waals surface area (Å²) < 4.78 is 15.1. The van der Waals surface area contributed by atoms with Gasteiger partial charge < -0.3 is 0 Å². The molecule has 0 aliphatic carbocycles. The molecule has 0 aliphatic rings. The fourth-order valence-corrected chi connectivity index (χ4v) is 1.68. The van der Waals surface area contributed by atoms with Crippen LogP contribution in [0.15, 0.2) is 47.4 Å². The molecule has 2 heterocycles. The summed E-state index contributed by atoms with van der Waals surface area (Å²) in [4.78, 5) is 15.3. The fourth-order valence-electron chi connectivity index (χ4n) is 1.68. The zero-order valence-corrected chi connectivity index (χ0v) is 8.72. The average Bonchev–Trinajstić information content (AvgIpc) is 2.72.